The fraction of sp³-hybridized carbons (Fsp3) is 0.269. The van der Waals surface area contributed by atoms with E-state index in [1.807, 2.05) is 49.4 Å². The van der Waals surface area contributed by atoms with Gasteiger partial charge in [0.15, 0.2) is 16.1 Å². The van der Waals surface area contributed by atoms with Gasteiger partial charge in [-0.1, -0.05) is 59.5 Å². The van der Waals surface area contributed by atoms with Crippen molar-refractivity contribution in [1.82, 2.24) is 19.9 Å². The first-order chi connectivity index (χ1) is 17.5. The van der Waals surface area contributed by atoms with Crippen LogP contribution in [0.15, 0.2) is 53.7 Å². The maximum Gasteiger partial charge on any atom is 0.236 e. The van der Waals surface area contributed by atoms with E-state index in [1.54, 1.807) is 0 Å². The van der Waals surface area contributed by atoms with Crippen LogP contribution >= 0.6 is 23.1 Å². The molecule has 36 heavy (non-hydrogen) atoms. The van der Waals surface area contributed by atoms with Gasteiger partial charge in [0.2, 0.25) is 5.91 Å². The van der Waals surface area contributed by atoms with Gasteiger partial charge in [-0.3, -0.25) is 4.79 Å². The third-order valence-electron chi connectivity index (χ3n) is 5.95. The van der Waals surface area contributed by atoms with Crippen LogP contribution in [-0.4, -0.2) is 64.7 Å². The highest BCUT2D eigenvalue weighted by molar-refractivity contribution is 7.99. The Morgan fingerprint density at radius 3 is 2.64 bits per heavy atom. The Balaban J connectivity index is 1.39. The number of piperazine rings is 1. The number of nitriles is 1. The third-order valence-corrected chi connectivity index (χ3v) is 7.73. The molecule has 1 aliphatic rings. The minimum atomic E-state index is -0.175. The van der Waals surface area contributed by atoms with Gasteiger partial charge >= 0.3 is 0 Å². The van der Waals surface area contributed by atoms with E-state index >= 15 is 0 Å². The zero-order chi connectivity index (χ0) is 25.1. The summed E-state index contributed by atoms with van der Waals surface area (Å²) in [7, 11) is 2.09. The van der Waals surface area contributed by atoms with E-state index in [1.165, 1.54) is 23.1 Å². The topological polar surface area (TPSA) is 98.0 Å². The Bertz CT molecular complexity index is 1440. The van der Waals surface area contributed by atoms with Gasteiger partial charge < -0.3 is 15.1 Å². The standard InChI is InChI=1S/C26H25N7OS2/c1-17-8-9-20-21(14-17)36-26(28-20)29-22(34)16-35-25-30-23(18-6-4-3-5-7-18)19(15-27)24(31-25)33-12-10-32(2)11-13-33/h3-9,14H,10-13,16H2,1-2H3,(H,28,29,34). The number of benzene rings is 2. The molecule has 1 fully saturated rings. The summed E-state index contributed by atoms with van der Waals surface area (Å²) >= 11 is 2.72. The largest absolute Gasteiger partial charge is 0.353 e. The molecule has 5 rings (SSSR count). The summed E-state index contributed by atoms with van der Waals surface area (Å²) in [4.78, 5) is 31.1. The number of rotatable bonds is 6. The molecule has 8 nitrogen and oxygen atoms in total. The number of aromatic nitrogens is 3. The van der Waals surface area contributed by atoms with E-state index in [2.05, 4.69) is 39.3 Å². The first kappa shape index (κ1) is 24.2. The predicted molar refractivity (Wildman–Crippen MR) is 146 cm³/mol. The zero-order valence-electron chi connectivity index (χ0n) is 20.1. The molecule has 0 spiro atoms. The van der Waals surface area contributed by atoms with E-state index < -0.39 is 0 Å². The van der Waals surface area contributed by atoms with Crippen molar-refractivity contribution in [2.45, 2.75) is 12.1 Å². The second kappa shape index (κ2) is 10.6. The number of thiazole rings is 1. The van der Waals surface area contributed by atoms with Gasteiger partial charge in [-0.05, 0) is 31.7 Å². The number of hydrogen-bond acceptors (Lipinski definition) is 9. The van der Waals surface area contributed by atoms with Crippen LogP contribution in [0.25, 0.3) is 21.5 Å². The van der Waals surface area contributed by atoms with Gasteiger partial charge in [0, 0.05) is 31.7 Å². The number of aryl methyl sites for hydroxylation is 1. The van der Waals surface area contributed by atoms with Crippen LogP contribution in [0, 0.1) is 18.3 Å². The molecule has 1 saturated heterocycles. The fourth-order valence-electron chi connectivity index (χ4n) is 4.02. The van der Waals surface area contributed by atoms with Gasteiger partial charge in [-0.15, -0.1) is 0 Å². The van der Waals surface area contributed by atoms with Crippen molar-refractivity contribution in [3.05, 3.63) is 59.7 Å². The van der Waals surface area contributed by atoms with E-state index in [0.717, 1.165) is 47.5 Å². The summed E-state index contributed by atoms with van der Waals surface area (Å²) in [5, 5.41) is 14.0. The summed E-state index contributed by atoms with van der Waals surface area (Å²) in [6.45, 7) is 5.37. The van der Waals surface area contributed by atoms with Crippen molar-refractivity contribution in [3.8, 4) is 17.3 Å². The van der Waals surface area contributed by atoms with E-state index in [9.17, 15) is 10.1 Å². The Morgan fingerprint density at radius 2 is 1.89 bits per heavy atom. The van der Waals surface area contributed by atoms with Gasteiger partial charge in [0.05, 0.1) is 21.7 Å². The molecule has 2 aromatic carbocycles. The zero-order valence-corrected chi connectivity index (χ0v) is 21.7. The number of nitrogens with zero attached hydrogens (tertiary/aromatic N) is 6. The van der Waals surface area contributed by atoms with Gasteiger partial charge in [-0.25, -0.2) is 15.0 Å². The number of carbonyl (C=O) groups is 1. The minimum absolute atomic E-state index is 0.136. The molecule has 0 radical (unpaired) electrons. The second-order valence-corrected chi connectivity index (χ2v) is 10.6. The molecule has 0 unspecified atom stereocenters. The van der Waals surface area contributed by atoms with Crippen molar-refractivity contribution in [2.24, 2.45) is 0 Å². The van der Waals surface area contributed by atoms with Crippen LogP contribution in [0.4, 0.5) is 10.9 Å². The number of fused-ring (bicyclic) bond motifs is 1. The van der Waals surface area contributed by atoms with Crippen molar-refractivity contribution in [1.29, 1.82) is 5.26 Å². The number of thioether (sulfide) groups is 1. The van der Waals surface area contributed by atoms with Crippen LogP contribution in [-0.2, 0) is 4.79 Å². The molecule has 0 atom stereocenters. The summed E-state index contributed by atoms with van der Waals surface area (Å²) in [5.74, 6) is 0.590. The number of carbonyl (C=O) groups excluding carboxylic acids is 1. The van der Waals surface area contributed by atoms with E-state index in [0.29, 0.717) is 27.4 Å². The molecular formula is C26H25N7OS2. The maximum absolute atomic E-state index is 12.7. The first-order valence-electron chi connectivity index (χ1n) is 11.6. The highest BCUT2D eigenvalue weighted by Crippen LogP contribution is 2.32. The molecule has 1 N–H and O–H groups in total. The molecule has 1 amide bonds. The number of nitrogens with one attached hydrogen (secondary N) is 1. The average Bonchev–Trinajstić information content (AvgIpc) is 3.29. The van der Waals surface area contributed by atoms with Crippen molar-refractivity contribution >= 4 is 50.2 Å². The minimum Gasteiger partial charge on any atom is -0.353 e. The average molecular weight is 516 g/mol. The normalized spacial score (nSPS) is 14.1. The summed E-state index contributed by atoms with van der Waals surface area (Å²) < 4.78 is 1.04. The molecule has 3 heterocycles. The lowest BCUT2D eigenvalue weighted by molar-refractivity contribution is -0.113. The van der Waals surface area contributed by atoms with E-state index in [-0.39, 0.29) is 11.7 Å². The SMILES string of the molecule is Cc1ccc2nc(NC(=O)CSc3nc(-c4ccccc4)c(C#N)c(N4CCN(C)CC4)n3)sc2c1. The number of likely N-dealkylation sites (N-methyl/N-ethyl adjacent to an activating group) is 1. The van der Waals surface area contributed by atoms with Gasteiger partial charge in [0.25, 0.3) is 0 Å². The predicted octanol–water partition coefficient (Wildman–Crippen LogP) is 4.42. The third kappa shape index (κ3) is 5.33. The smallest absolute Gasteiger partial charge is 0.236 e. The van der Waals surface area contributed by atoms with Crippen molar-refractivity contribution in [3.63, 3.8) is 0 Å². The maximum atomic E-state index is 12.7. The Labute approximate surface area is 218 Å². The van der Waals surface area contributed by atoms with Gasteiger partial charge in [0.1, 0.15) is 11.6 Å². The molecule has 0 saturated carbocycles. The molecule has 1 aliphatic heterocycles. The number of anilines is 2. The molecule has 0 aliphatic carbocycles. The summed E-state index contributed by atoms with van der Waals surface area (Å²) in [6.07, 6.45) is 0. The lowest BCUT2D eigenvalue weighted by Gasteiger charge is -2.34. The highest BCUT2D eigenvalue weighted by Gasteiger charge is 2.24. The molecule has 182 valence electrons. The second-order valence-electron chi connectivity index (χ2n) is 8.65. The first-order valence-corrected chi connectivity index (χ1v) is 13.4. The van der Waals surface area contributed by atoms with Crippen LogP contribution in [0.2, 0.25) is 0 Å². The molecule has 2 aromatic heterocycles. The molecular weight excluding hydrogens is 490 g/mol. The quantitative estimate of drug-likeness (QED) is 0.298. The molecule has 4 aromatic rings. The summed E-state index contributed by atoms with van der Waals surface area (Å²) in [6, 6.07) is 18.0. The lowest BCUT2D eigenvalue weighted by atomic mass is 10.1. The van der Waals surface area contributed by atoms with Crippen LogP contribution in [0.3, 0.4) is 0 Å². The fourth-order valence-corrected chi connectivity index (χ4v) is 5.64. The lowest BCUT2D eigenvalue weighted by Crippen LogP contribution is -2.45. The van der Waals surface area contributed by atoms with E-state index in [4.69, 9.17) is 9.97 Å². The summed E-state index contributed by atoms with van der Waals surface area (Å²) in [5.41, 5.74) is 3.93. The number of amides is 1. The van der Waals surface area contributed by atoms with Crippen LogP contribution < -0.4 is 10.2 Å². The molecule has 0 bridgehead atoms. The highest BCUT2D eigenvalue weighted by atomic mass is 32.2. The molecule has 10 heteroatoms. The van der Waals surface area contributed by atoms with Crippen LogP contribution in [0.1, 0.15) is 11.1 Å². The van der Waals surface area contributed by atoms with Crippen molar-refractivity contribution < 1.29 is 4.79 Å². The Hall–Kier alpha value is -3.52. The van der Waals surface area contributed by atoms with Gasteiger partial charge in [-0.2, -0.15) is 5.26 Å². The number of hydrogen-bond donors (Lipinski definition) is 1. The Kier molecular flexibility index (Phi) is 7.13. The Morgan fingerprint density at radius 1 is 1.11 bits per heavy atom. The van der Waals surface area contributed by atoms with Crippen molar-refractivity contribution in [2.75, 3.05) is 49.2 Å². The monoisotopic (exact) mass is 515 g/mol. The van der Waals surface area contributed by atoms with Crippen LogP contribution in [0.5, 0.6) is 0 Å².